The molecule has 2 aromatic rings. The highest BCUT2D eigenvalue weighted by Gasteiger charge is 2.32. The predicted octanol–water partition coefficient (Wildman–Crippen LogP) is 3.27. The fourth-order valence-electron chi connectivity index (χ4n) is 2.40. The van der Waals surface area contributed by atoms with Gasteiger partial charge in [-0.05, 0) is 11.6 Å². The second-order valence-electron chi connectivity index (χ2n) is 5.25. The Hall–Kier alpha value is -2.83. The number of ether oxygens (including phenoxy) is 5. The number of rotatable bonds is 7. The molecule has 0 saturated carbocycles. The van der Waals surface area contributed by atoms with Crippen LogP contribution in [0.4, 0.5) is 0 Å². The summed E-state index contributed by atoms with van der Waals surface area (Å²) in [4.78, 5) is 12.7. The van der Waals surface area contributed by atoms with Crippen LogP contribution in [0.25, 0.3) is 6.08 Å². The zero-order chi connectivity index (χ0) is 17.6. The molecule has 2 aromatic carbocycles. The first-order chi connectivity index (χ1) is 12.2. The fraction of sp³-hybridized carbons (Fsp3) is 0.211. The summed E-state index contributed by atoms with van der Waals surface area (Å²) in [5.41, 5.74) is 1.22. The van der Waals surface area contributed by atoms with Crippen LogP contribution in [0, 0.1) is 0 Å². The number of ketones is 1. The van der Waals surface area contributed by atoms with Crippen LogP contribution in [0.2, 0.25) is 0 Å². The first-order valence-corrected chi connectivity index (χ1v) is 7.63. The standard InChI is InChI=1S/C19H18O6/c1-21-11-23-14-9-15(24-12-22-2)18-16(10-14)25-17(19(18)20)8-13-6-4-3-5-7-13/h3-10H,11-12H2,1-2H3/b17-8-. The molecule has 0 saturated heterocycles. The van der Waals surface area contributed by atoms with E-state index in [0.717, 1.165) is 5.56 Å². The molecule has 3 rings (SSSR count). The van der Waals surface area contributed by atoms with Crippen LogP contribution >= 0.6 is 0 Å². The Morgan fingerprint density at radius 2 is 1.72 bits per heavy atom. The van der Waals surface area contributed by atoms with Crippen LogP contribution in [-0.2, 0) is 9.47 Å². The lowest BCUT2D eigenvalue weighted by Gasteiger charge is -2.11. The Morgan fingerprint density at radius 1 is 1.00 bits per heavy atom. The van der Waals surface area contributed by atoms with Gasteiger partial charge >= 0.3 is 0 Å². The van der Waals surface area contributed by atoms with E-state index in [0.29, 0.717) is 22.8 Å². The van der Waals surface area contributed by atoms with E-state index in [2.05, 4.69) is 0 Å². The molecule has 1 heterocycles. The molecule has 25 heavy (non-hydrogen) atoms. The van der Waals surface area contributed by atoms with Gasteiger partial charge in [0.25, 0.3) is 0 Å². The number of Topliss-reactive ketones (excluding diaryl/α,β-unsaturated/α-hetero) is 1. The van der Waals surface area contributed by atoms with Crippen LogP contribution in [-0.4, -0.2) is 33.6 Å². The normalized spacial score (nSPS) is 14.3. The predicted molar refractivity (Wildman–Crippen MR) is 90.8 cm³/mol. The molecule has 0 aliphatic carbocycles. The number of fused-ring (bicyclic) bond motifs is 1. The third kappa shape index (κ3) is 3.81. The maximum atomic E-state index is 12.7. The minimum Gasteiger partial charge on any atom is -0.467 e. The number of carbonyl (C=O) groups is 1. The topological polar surface area (TPSA) is 63.2 Å². The van der Waals surface area contributed by atoms with Crippen LogP contribution in [0.3, 0.4) is 0 Å². The van der Waals surface area contributed by atoms with Gasteiger partial charge in [-0.1, -0.05) is 30.3 Å². The molecular weight excluding hydrogens is 324 g/mol. The van der Waals surface area contributed by atoms with Gasteiger partial charge in [0.1, 0.15) is 22.8 Å². The van der Waals surface area contributed by atoms with Crippen molar-refractivity contribution in [3.63, 3.8) is 0 Å². The number of allylic oxidation sites excluding steroid dienone is 1. The maximum Gasteiger partial charge on any atom is 0.235 e. The third-order valence-corrected chi connectivity index (χ3v) is 3.48. The highest BCUT2D eigenvalue weighted by Crippen LogP contribution is 2.41. The molecule has 0 radical (unpaired) electrons. The van der Waals surface area contributed by atoms with Crippen molar-refractivity contribution >= 4 is 11.9 Å². The number of methoxy groups -OCH3 is 2. The van der Waals surface area contributed by atoms with E-state index < -0.39 is 0 Å². The van der Waals surface area contributed by atoms with Crippen molar-refractivity contribution < 1.29 is 28.5 Å². The third-order valence-electron chi connectivity index (χ3n) is 3.48. The highest BCUT2D eigenvalue weighted by molar-refractivity contribution is 6.16. The lowest BCUT2D eigenvalue weighted by molar-refractivity contribution is 0.0456. The molecule has 130 valence electrons. The average molecular weight is 342 g/mol. The van der Waals surface area contributed by atoms with Gasteiger partial charge < -0.3 is 23.7 Å². The second-order valence-corrected chi connectivity index (χ2v) is 5.25. The summed E-state index contributed by atoms with van der Waals surface area (Å²) in [6.45, 7) is 0.0777. The molecule has 0 N–H and O–H groups in total. The van der Waals surface area contributed by atoms with Gasteiger partial charge in [-0.3, -0.25) is 4.79 Å². The molecule has 0 unspecified atom stereocenters. The molecule has 1 aliphatic rings. The van der Waals surface area contributed by atoms with E-state index in [4.69, 9.17) is 23.7 Å². The average Bonchev–Trinajstić information content (AvgIpc) is 2.94. The first kappa shape index (κ1) is 17.0. The summed E-state index contributed by atoms with van der Waals surface area (Å²) < 4.78 is 26.5. The van der Waals surface area contributed by atoms with Crippen molar-refractivity contribution in [1.29, 1.82) is 0 Å². The molecule has 0 fully saturated rings. The van der Waals surface area contributed by atoms with Crippen molar-refractivity contribution in [1.82, 2.24) is 0 Å². The van der Waals surface area contributed by atoms with Gasteiger partial charge in [0.05, 0.1) is 0 Å². The number of carbonyl (C=O) groups excluding carboxylic acids is 1. The van der Waals surface area contributed by atoms with Gasteiger partial charge in [-0.25, -0.2) is 0 Å². The molecule has 6 heteroatoms. The lowest BCUT2D eigenvalue weighted by Crippen LogP contribution is -2.05. The van der Waals surface area contributed by atoms with Gasteiger partial charge in [0, 0.05) is 26.4 Å². The molecule has 6 nitrogen and oxygen atoms in total. The number of hydrogen-bond donors (Lipinski definition) is 0. The maximum absolute atomic E-state index is 12.7. The smallest absolute Gasteiger partial charge is 0.235 e. The van der Waals surface area contributed by atoms with Crippen molar-refractivity contribution in [2.75, 3.05) is 27.8 Å². The van der Waals surface area contributed by atoms with E-state index in [1.54, 1.807) is 18.2 Å². The fourth-order valence-corrected chi connectivity index (χ4v) is 2.40. The Kier molecular flexibility index (Phi) is 5.33. The Morgan fingerprint density at radius 3 is 2.44 bits per heavy atom. The quantitative estimate of drug-likeness (QED) is 0.568. The lowest BCUT2D eigenvalue weighted by atomic mass is 10.1. The number of benzene rings is 2. The Labute approximate surface area is 145 Å². The van der Waals surface area contributed by atoms with Crippen molar-refractivity contribution in [2.24, 2.45) is 0 Å². The molecule has 0 bridgehead atoms. The molecular formula is C19H18O6. The summed E-state index contributed by atoms with van der Waals surface area (Å²) >= 11 is 0. The molecule has 0 aromatic heterocycles. The van der Waals surface area contributed by atoms with E-state index in [1.807, 2.05) is 30.3 Å². The van der Waals surface area contributed by atoms with E-state index in [1.165, 1.54) is 14.2 Å². The van der Waals surface area contributed by atoms with Gasteiger partial charge in [-0.15, -0.1) is 0 Å². The molecule has 0 spiro atoms. The zero-order valence-corrected chi connectivity index (χ0v) is 14.0. The highest BCUT2D eigenvalue weighted by atomic mass is 16.7. The van der Waals surface area contributed by atoms with E-state index >= 15 is 0 Å². The van der Waals surface area contributed by atoms with Crippen molar-refractivity contribution in [3.8, 4) is 17.2 Å². The summed E-state index contributed by atoms with van der Waals surface area (Å²) in [5, 5.41) is 0. The van der Waals surface area contributed by atoms with Crippen LogP contribution < -0.4 is 14.2 Å². The first-order valence-electron chi connectivity index (χ1n) is 7.63. The van der Waals surface area contributed by atoms with Gasteiger partial charge in [0.2, 0.25) is 5.78 Å². The SMILES string of the molecule is COCOc1cc(OCOC)c2c(c1)O/C(=C\c1ccccc1)C2=O. The minimum atomic E-state index is -0.247. The zero-order valence-electron chi connectivity index (χ0n) is 14.0. The second kappa shape index (κ2) is 7.83. The summed E-state index contributed by atoms with van der Waals surface area (Å²) in [6, 6.07) is 12.7. The van der Waals surface area contributed by atoms with Crippen molar-refractivity contribution in [3.05, 3.63) is 59.4 Å². The van der Waals surface area contributed by atoms with E-state index in [-0.39, 0.29) is 25.1 Å². The van der Waals surface area contributed by atoms with Crippen molar-refractivity contribution in [2.45, 2.75) is 0 Å². The Bertz CT molecular complexity index is 782. The Balaban J connectivity index is 1.95. The summed E-state index contributed by atoms with van der Waals surface area (Å²) in [5.74, 6) is 1.18. The number of hydrogen-bond acceptors (Lipinski definition) is 6. The van der Waals surface area contributed by atoms with Gasteiger partial charge in [-0.2, -0.15) is 0 Å². The van der Waals surface area contributed by atoms with Crippen LogP contribution in [0.1, 0.15) is 15.9 Å². The van der Waals surface area contributed by atoms with Gasteiger partial charge in [0.15, 0.2) is 19.3 Å². The molecule has 0 atom stereocenters. The van der Waals surface area contributed by atoms with Crippen LogP contribution in [0.5, 0.6) is 17.2 Å². The summed E-state index contributed by atoms with van der Waals surface area (Å²) in [6.07, 6.45) is 1.69. The monoisotopic (exact) mass is 342 g/mol. The van der Waals surface area contributed by atoms with Crippen LogP contribution in [0.15, 0.2) is 48.2 Å². The van der Waals surface area contributed by atoms with E-state index in [9.17, 15) is 4.79 Å². The molecule has 0 amide bonds. The largest absolute Gasteiger partial charge is 0.467 e. The molecule has 1 aliphatic heterocycles. The minimum absolute atomic E-state index is 0.00514. The summed E-state index contributed by atoms with van der Waals surface area (Å²) in [7, 11) is 3.03.